The first-order valence-electron chi connectivity index (χ1n) is 5.91. The molecular weight excluding hydrogens is 214 g/mol. The molecule has 0 saturated carbocycles. The highest BCUT2D eigenvalue weighted by Crippen LogP contribution is 2.27. The van der Waals surface area contributed by atoms with Gasteiger partial charge in [-0.25, -0.2) is 0 Å². The molecule has 1 unspecified atom stereocenters. The molecule has 1 aromatic carbocycles. The Morgan fingerprint density at radius 3 is 2.47 bits per heavy atom. The van der Waals surface area contributed by atoms with Gasteiger partial charge >= 0.3 is 0 Å². The van der Waals surface area contributed by atoms with Gasteiger partial charge in [0.15, 0.2) is 5.78 Å². The van der Waals surface area contributed by atoms with Crippen molar-refractivity contribution in [2.75, 3.05) is 0 Å². The molecule has 1 aromatic rings. The lowest BCUT2D eigenvalue weighted by Gasteiger charge is -2.28. The molecule has 2 rings (SSSR count). The second kappa shape index (κ2) is 4.32. The highest BCUT2D eigenvalue weighted by Gasteiger charge is 2.35. The van der Waals surface area contributed by atoms with Crippen LogP contribution in [0.3, 0.4) is 0 Å². The molecule has 0 aromatic heterocycles. The summed E-state index contributed by atoms with van der Waals surface area (Å²) in [4.78, 5) is 25.6. The number of ketones is 1. The molecule has 1 amide bonds. The summed E-state index contributed by atoms with van der Waals surface area (Å²) in [7, 11) is 0. The Kier molecular flexibility index (Phi) is 3.01. The summed E-state index contributed by atoms with van der Waals surface area (Å²) in [6, 6.07) is 7.25. The molecule has 0 N–H and O–H groups in total. The van der Waals surface area contributed by atoms with Gasteiger partial charge in [-0.05, 0) is 24.5 Å². The van der Waals surface area contributed by atoms with E-state index in [1.165, 1.54) is 0 Å². The SMILES string of the molecule is CC(=O)C(C(C)C)N1Cc2ccccc2C1=O. The van der Waals surface area contributed by atoms with Crippen LogP contribution in [0.1, 0.15) is 36.7 Å². The van der Waals surface area contributed by atoms with Crippen LogP contribution < -0.4 is 0 Å². The molecule has 0 aliphatic carbocycles. The van der Waals surface area contributed by atoms with Crippen LogP contribution in [-0.4, -0.2) is 22.6 Å². The quantitative estimate of drug-likeness (QED) is 0.800. The van der Waals surface area contributed by atoms with E-state index in [0.717, 1.165) is 11.1 Å². The summed E-state index contributed by atoms with van der Waals surface area (Å²) >= 11 is 0. The smallest absolute Gasteiger partial charge is 0.255 e. The highest BCUT2D eigenvalue weighted by atomic mass is 16.2. The molecule has 0 bridgehead atoms. The van der Waals surface area contributed by atoms with E-state index in [0.29, 0.717) is 6.54 Å². The van der Waals surface area contributed by atoms with Crippen LogP contribution >= 0.6 is 0 Å². The maximum atomic E-state index is 12.2. The van der Waals surface area contributed by atoms with Crippen LogP contribution in [0, 0.1) is 5.92 Å². The third-order valence-electron chi connectivity index (χ3n) is 3.23. The zero-order valence-corrected chi connectivity index (χ0v) is 10.4. The Labute approximate surface area is 101 Å². The van der Waals surface area contributed by atoms with Gasteiger partial charge < -0.3 is 4.90 Å². The molecule has 1 heterocycles. The molecule has 0 fully saturated rings. The molecule has 1 atom stereocenters. The number of nitrogens with zero attached hydrogens (tertiary/aromatic N) is 1. The van der Waals surface area contributed by atoms with Crippen molar-refractivity contribution in [1.82, 2.24) is 4.90 Å². The van der Waals surface area contributed by atoms with E-state index < -0.39 is 0 Å². The summed E-state index contributed by atoms with van der Waals surface area (Å²) in [5, 5.41) is 0. The maximum Gasteiger partial charge on any atom is 0.255 e. The lowest BCUT2D eigenvalue weighted by atomic mass is 9.99. The highest BCUT2D eigenvalue weighted by molar-refractivity contribution is 6.01. The summed E-state index contributed by atoms with van der Waals surface area (Å²) < 4.78 is 0. The molecule has 0 saturated heterocycles. The predicted octanol–water partition coefficient (Wildman–Crippen LogP) is 2.26. The Morgan fingerprint density at radius 1 is 1.29 bits per heavy atom. The molecule has 17 heavy (non-hydrogen) atoms. The zero-order chi connectivity index (χ0) is 12.6. The average molecular weight is 231 g/mol. The van der Waals surface area contributed by atoms with Gasteiger partial charge in [0.25, 0.3) is 5.91 Å². The van der Waals surface area contributed by atoms with E-state index in [2.05, 4.69) is 0 Å². The minimum atomic E-state index is -0.310. The van der Waals surface area contributed by atoms with E-state index in [-0.39, 0.29) is 23.7 Å². The molecule has 1 aliphatic rings. The topological polar surface area (TPSA) is 37.4 Å². The fourth-order valence-corrected chi connectivity index (χ4v) is 2.55. The van der Waals surface area contributed by atoms with Crippen molar-refractivity contribution in [3.05, 3.63) is 35.4 Å². The Hall–Kier alpha value is -1.64. The van der Waals surface area contributed by atoms with Gasteiger partial charge in [-0.15, -0.1) is 0 Å². The van der Waals surface area contributed by atoms with Gasteiger partial charge in [0, 0.05) is 12.1 Å². The monoisotopic (exact) mass is 231 g/mol. The van der Waals surface area contributed by atoms with Gasteiger partial charge in [0.2, 0.25) is 0 Å². The number of carbonyl (C=O) groups excluding carboxylic acids is 2. The molecule has 90 valence electrons. The minimum absolute atomic E-state index is 0.0190. The van der Waals surface area contributed by atoms with Crippen LogP contribution in [0.4, 0.5) is 0 Å². The predicted molar refractivity (Wildman–Crippen MR) is 65.6 cm³/mol. The number of carbonyl (C=O) groups is 2. The van der Waals surface area contributed by atoms with E-state index in [4.69, 9.17) is 0 Å². The molecular formula is C14H17NO2. The maximum absolute atomic E-state index is 12.2. The number of amides is 1. The summed E-state index contributed by atoms with van der Waals surface area (Å²) in [6.45, 7) is 6.06. The summed E-state index contributed by atoms with van der Waals surface area (Å²) in [6.07, 6.45) is 0. The number of rotatable bonds is 3. The van der Waals surface area contributed by atoms with Crippen LogP contribution in [0.5, 0.6) is 0 Å². The first-order valence-corrected chi connectivity index (χ1v) is 5.91. The van der Waals surface area contributed by atoms with Gasteiger partial charge in [-0.2, -0.15) is 0 Å². The fraction of sp³-hybridized carbons (Fsp3) is 0.429. The van der Waals surface area contributed by atoms with E-state index in [1.54, 1.807) is 11.8 Å². The Morgan fingerprint density at radius 2 is 1.94 bits per heavy atom. The van der Waals surface area contributed by atoms with Crippen LogP contribution in [0.25, 0.3) is 0 Å². The third-order valence-corrected chi connectivity index (χ3v) is 3.23. The Balaban J connectivity index is 2.33. The largest absolute Gasteiger partial charge is 0.324 e. The van der Waals surface area contributed by atoms with Crippen LogP contribution in [-0.2, 0) is 11.3 Å². The summed E-state index contributed by atoms with van der Waals surface area (Å²) in [5.41, 5.74) is 1.75. The molecule has 3 heteroatoms. The summed E-state index contributed by atoms with van der Waals surface area (Å²) in [5.74, 6) is 0.182. The van der Waals surface area contributed by atoms with Crippen molar-refractivity contribution in [2.45, 2.75) is 33.4 Å². The van der Waals surface area contributed by atoms with Crippen molar-refractivity contribution in [1.29, 1.82) is 0 Å². The normalized spacial score (nSPS) is 16.2. The second-order valence-electron chi connectivity index (χ2n) is 4.89. The van der Waals surface area contributed by atoms with Gasteiger partial charge in [-0.1, -0.05) is 32.0 Å². The van der Waals surface area contributed by atoms with Gasteiger partial charge in [0.05, 0.1) is 6.04 Å². The van der Waals surface area contributed by atoms with Crippen molar-refractivity contribution >= 4 is 11.7 Å². The molecule has 3 nitrogen and oxygen atoms in total. The average Bonchev–Trinajstić information content (AvgIpc) is 2.56. The van der Waals surface area contributed by atoms with Crippen molar-refractivity contribution < 1.29 is 9.59 Å². The zero-order valence-electron chi connectivity index (χ0n) is 10.4. The minimum Gasteiger partial charge on any atom is -0.324 e. The lowest BCUT2D eigenvalue weighted by molar-refractivity contribution is -0.122. The first-order chi connectivity index (χ1) is 8.02. The van der Waals surface area contributed by atoms with Crippen molar-refractivity contribution in [2.24, 2.45) is 5.92 Å². The number of fused-ring (bicyclic) bond motifs is 1. The van der Waals surface area contributed by atoms with E-state index >= 15 is 0 Å². The van der Waals surface area contributed by atoms with E-state index in [9.17, 15) is 9.59 Å². The Bertz CT molecular complexity index is 465. The number of benzene rings is 1. The van der Waals surface area contributed by atoms with E-state index in [1.807, 2.05) is 38.1 Å². The van der Waals surface area contributed by atoms with Crippen molar-refractivity contribution in [3.63, 3.8) is 0 Å². The number of Topliss-reactive ketones (excluding diaryl/α,β-unsaturated/α-hetero) is 1. The standard InChI is InChI=1S/C14H17NO2/c1-9(2)13(10(3)16)15-8-11-6-4-5-7-12(11)14(15)17/h4-7,9,13H,8H2,1-3H3. The third kappa shape index (κ3) is 1.97. The van der Waals surface area contributed by atoms with Gasteiger partial charge in [-0.3, -0.25) is 9.59 Å². The number of hydrogen-bond donors (Lipinski definition) is 0. The molecule has 0 radical (unpaired) electrons. The number of hydrogen-bond acceptors (Lipinski definition) is 2. The van der Waals surface area contributed by atoms with Crippen LogP contribution in [0.15, 0.2) is 24.3 Å². The fourth-order valence-electron chi connectivity index (χ4n) is 2.55. The van der Waals surface area contributed by atoms with Crippen LogP contribution in [0.2, 0.25) is 0 Å². The lowest BCUT2D eigenvalue weighted by Crippen LogP contribution is -2.43. The first kappa shape index (κ1) is 11.8. The molecule has 0 spiro atoms. The van der Waals surface area contributed by atoms with Crippen molar-refractivity contribution in [3.8, 4) is 0 Å². The van der Waals surface area contributed by atoms with Gasteiger partial charge in [0.1, 0.15) is 0 Å². The second-order valence-corrected chi connectivity index (χ2v) is 4.89. The molecule has 1 aliphatic heterocycles.